The van der Waals surface area contributed by atoms with Gasteiger partial charge in [-0.15, -0.1) is 0 Å². The third-order valence-corrected chi connectivity index (χ3v) is 14.5. The summed E-state index contributed by atoms with van der Waals surface area (Å²) in [5.41, 5.74) is 0. The van der Waals surface area contributed by atoms with E-state index in [0.717, 1.165) is 128 Å². The van der Waals surface area contributed by atoms with Crippen molar-refractivity contribution in [2.45, 2.75) is 329 Å². The van der Waals surface area contributed by atoms with Crippen molar-refractivity contribution < 1.29 is 28.6 Å². The van der Waals surface area contributed by atoms with Crippen LogP contribution in [0.5, 0.6) is 0 Å². The molecule has 1 atom stereocenters. The first-order chi connectivity index (χ1) is 39.5. The second-order valence-electron chi connectivity index (χ2n) is 22.3. The molecular formula is C74H126O6. The summed E-state index contributed by atoms with van der Waals surface area (Å²) in [6.45, 7) is 6.47. The summed E-state index contributed by atoms with van der Waals surface area (Å²) in [6, 6.07) is 0. The topological polar surface area (TPSA) is 78.9 Å². The quantitative estimate of drug-likeness (QED) is 0.0261. The number of esters is 3. The third-order valence-electron chi connectivity index (χ3n) is 14.5. The molecular weight excluding hydrogens is 985 g/mol. The van der Waals surface area contributed by atoms with Crippen molar-refractivity contribution in [3.8, 4) is 0 Å². The fourth-order valence-corrected chi connectivity index (χ4v) is 9.40. The summed E-state index contributed by atoms with van der Waals surface area (Å²) in [6.07, 6.45) is 92.6. The van der Waals surface area contributed by atoms with E-state index in [-0.39, 0.29) is 31.1 Å². The minimum Gasteiger partial charge on any atom is -0.462 e. The van der Waals surface area contributed by atoms with Crippen LogP contribution < -0.4 is 0 Å². The lowest BCUT2D eigenvalue weighted by Crippen LogP contribution is -2.30. The molecule has 0 saturated carbocycles. The molecule has 0 aromatic rings. The number of rotatable bonds is 61. The summed E-state index contributed by atoms with van der Waals surface area (Å²) in [5, 5.41) is 0. The summed E-state index contributed by atoms with van der Waals surface area (Å²) in [7, 11) is 0. The third kappa shape index (κ3) is 64.9. The number of hydrogen-bond acceptors (Lipinski definition) is 6. The summed E-state index contributed by atoms with van der Waals surface area (Å²) in [4.78, 5) is 38.3. The SMILES string of the molecule is CC/C=C\C/C=C\C/C=C\C/C=C\C/C=C\C/C=C\CCCCCCCCCCCCCCCCCCC(=O)OCC(COC(=O)CCCCCCC/C=C\CCCCCC)OC(=O)CCCCCCC/C=C\C/C=C\CCCC. The van der Waals surface area contributed by atoms with Gasteiger partial charge in [0.2, 0.25) is 0 Å². The first-order valence-corrected chi connectivity index (χ1v) is 33.9. The van der Waals surface area contributed by atoms with Crippen molar-refractivity contribution in [1.29, 1.82) is 0 Å². The van der Waals surface area contributed by atoms with Crippen molar-refractivity contribution in [1.82, 2.24) is 0 Å². The molecule has 0 aromatic heterocycles. The lowest BCUT2D eigenvalue weighted by molar-refractivity contribution is -0.167. The smallest absolute Gasteiger partial charge is 0.306 e. The summed E-state index contributed by atoms with van der Waals surface area (Å²) >= 11 is 0. The molecule has 0 aliphatic rings. The molecule has 1 unspecified atom stereocenters. The Morgan fingerprint density at radius 3 is 0.812 bits per heavy atom. The zero-order valence-corrected chi connectivity index (χ0v) is 52.6. The molecule has 0 rings (SSSR count). The highest BCUT2D eigenvalue weighted by Crippen LogP contribution is 2.17. The van der Waals surface area contributed by atoms with E-state index >= 15 is 0 Å². The number of hydrogen-bond donors (Lipinski definition) is 0. The largest absolute Gasteiger partial charge is 0.462 e. The average Bonchev–Trinajstić information content (AvgIpc) is 3.46. The van der Waals surface area contributed by atoms with Crippen LogP contribution in [0.25, 0.3) is 0 Å². The van der Waals surface area contributed by atoms with Gasteiger partial charge in [0.15, 0.2) is 6.10 Å². The van der Waals surface area contributed by atoms with E-state index in [1.54, 1.807) is 0 Å². The molecule has 0 radical (unpaired) electrons. The molecule has 0 spiro atoms. The van der Waals surface area contributed by atoms with Crippen LogP contribution in [0, 0.1) is 0 Å². The molecule has 458 valence electrons. The molecule has 0 N–H and O–H groups in total. The van der Waals surface area contributed by atoms with Gasteiger partial charge < -0.3 is 14.2 Å². The van der Waals surface area contributed by atoms with Crippen LogP contribution in [0.15, 0.2) is 109 Å². The van der Waals surface area contributed by atoms with Gasteiger partial charge in [0.05, 0.1) is 0 Å². The van der Waals surface area contributed by atoms with Gasteiger partial charge >= 0.3 is 17.9 Å². The van der Waals surface area contributed by atoms with Crippen LogP contribution in [0.1, 0.15) is 323 Å². The zero-order valence-electron chi connectivity index (χ0n) is 52.6. The van der Waals surface area contributed by atoms with E-state index in [1.807, 2.05) is 0 Å². The van der Waals surface area contributed by atoms with Gasteiger partial charge in [0, 0.05) is 19.3 Å². The second kappa shape index (κ2) is 67.6. The minimum atomic E-state index is -0.788. The predicted octanol–water partition coefficient (Wildman–Crippen LogP) is 23.4. The lowest BCUT2D eigenvalue weighted by Gasteiger charge is -2.18. The first kappa shape index (κ1) is 76.1. The van der Waals surface area contributed by atoms with Crippen LogP contribution in [-0.4, -0.2) is 37.2 Å². The highest BCUT2D eigenvalue weighted by molar-refractivity contribution is 5.71. The molecule has 0 aromatic carbocycles. The molecule has 0 heterocycles. The first-order valence-electron chi connectivity index (χ1n) is 33.9. The van der Waals surface area contributed by atoms with Crippen molar-refractivity contribution in [2.24, 2.45) is 0 Å². The van der Waals surface area contributed by atoms with E-state index < -0.39 is 6.10 Å². The van der Waals surface area contributed by atoms with E-state index in [0.29, 0.717) is 19.3 Å². The average molecular weight is 1110 g/mol. The van der Waals surface area contributed by atoms with Crippen LogP contribution in [-0.2, 0) is 28.6 Å². The van der Waals surface area contributed by atoms with Gasteiger partial charge in [-0.25, -0.2) is 0 Å². The number of ether oxygens (including phenoxy) is 3. The monoisotopic (exact) mass is 1110 g/mol. The van der Waals surface area contributed by atoms with Gasteiger partial charge in [0.25, 0.3) is 0 Å². The Hall–Kier alpha value is -3.93. The summed E-state index contributed by atoms with van der Waals surface area (Å²) < 4.78 is 16.9. The van der Waals surface area contributed by atoms with Crippen molar-refractivity contribution in [2.75, 3.05) is 13.2 Å². The van der Waals surface area contributed by atoms with Crippen molar-refractivity contribution >= 4 is 17.9 Å². The van der Waals surface area contributed by atoms with Crippen molar-refractivity contribution in [3.63, 3.8) is 0 Å². The Balaban J connectivity index is 4.14. The molecule has 0 aliphatic heterocycles. The standard InChI is InChI=1S/C74H126O6/c1-4-7-10-13-16-19-22-25-27-28-29-30-31-32-33-34-35-36-37-38-39-40-41-42-43-44-45-46-47-50-52-55-58-61-64-67-73(76)79-70-71(69-78-72(75)66-63-60-57-54-51-48-24-21-18-15-12-9-6-3)80-74(77)68-65-62-59-56-53-49-26-23-20-17-14-11-8-5-2/h7,10,14,16-17,19,21,23-27,29-30,32-33,35-36,71H,4-6,8-9,11-13,15,18,20,22,28,31,34,37-70H2,1-3H3/b10-7-,17-14-,19-16-,24-21-,26-23-,27-25-,30-29-,33-32-,36-35-. The molecule has 6 nitrogen and oxygen atoms in total. The van der Waals surface area contributed by atoms with Gasteiger partial charge in [-0.3, -0.25) is 14.4 Å². The fraction of sp³-hybridized carbons (Fsp3) is 0.716. The fourth-order valence-electron chi connectivity index (χ4n) is 9.40. The van der Waals surface area contributed by atoms with Crippen LogP contribution >= 0.6 is 0 Å². The Morgan fingerprint density at radius 1 is 0.263 bits per heavy atom. The van der Waals surface area contributed by atoms with E-state index in [4.69, 9.17) is 14.2 Å². The predicted molar refractivity (Wildman–Crippen MR) is 348 cm³/mol. The van der Waals surface area contributed by atoms with Crippen LogP contribution in [0.2, 0.25) is 0 Å². The Bertz CT molecular complexity index is 1610. The van der Waals surface area contributed by atoms with E-state index in [1.165, 1.54) is 154 Å². The lowest BCUT2D eigenvalue weighted by atomic mass is 10.0. The maximum atomic E-state index is 12.9. The van der Waals surface area contributed by atoms with E-state index in [2.05, 4.69) is 130 Å². The molecule has 0 amide bonds. The van der Waals surface area contributed by atoms with Crippen LogP contribution in [0.3, 0.4) is 0 Å². The van der Waals surface area contributed by atoms with Crippen LogP contribution in [0.4, 0.5) is 0 Å². The van der Waals surface area contributed by atoms with Gasteiger partial charge in [-0.1, -0.05) is 291 Å². The van der Waals surface area contributed by atoms with E-state index in [9.17, 15) is 14.4 Å². The summed E-state index contributed by atoms with van der Waals surface area (Å²) in [5.74, 6) is -0.897. The molecule has 0 fully saturated rings. The normalized spacial score (nSPS) is 12.8. The Kier molecular flexibility index (Phi) is 64.3. The maximum absolute atomic E-state index is 12.9. The van der Waals surface area contributed by atoms with Gasteiger partial charge in [0.1, 0.15) is 13.2 Å². The highest BCUT2D eigenvalue weighted by Gasteiger charge is 2.19. The molecule has 80 heavy (non-hydrogen) atoms. The van der Waals surface area contributed by atoms with Gasteiger partial charge in [-0.05, 0) is 122 Å². The molecule has 0 aliphatic carbocycles. The maximum Gasteiger partial charge on any atom is 0.306 e. The molecule has 0 bridgehead atoms. The minimum absolute atomic E-state index is 0.0839. The Morgan fingerprint density at radius 2 is 0.500 bits per heavy atom. The Labute approximate surface area is 495 Å². The molecule has 0 saturated heterocycles. The number of allylic oxidation sites excluding steroid dienone is 18. The highest BCUT2D eigenvalue weighted by atomic mass is 16.6. The zero-order chi connectivity index (χ0) is 57.8. The van der Waals surface area contributed by atoms with Gasteiger partial charge in [-0.2, -0.15) is 0 Å². The number of unbranched alkanes of at least 4 members (excludes halogenated alkanes) is 32. The molecule has 6 heteroatoms. The number of carbonyl (C=O) groups is 3. The number of carbonyl (C=O) groups excluding carboxylic acids is 3. The van der Waals surface area contributed by atoms with Crippen molar-refractivity contribution in [3.05, 3.63) is 109 Å². The second-order valence-corrected chi connectivity index (χ2v) is 22.3.